The average molecular weight is 438 g/mol. The van der Waals surface area contributed by atoms with Crippen LogP contribution in [0.3, 0.4) is 0 Å². The van der Waals surface area contributed by atoms with E-state index in [4.69, 9.17) is 9.72 Å². The molecule has 2 aliphatic heterocycles. The highest BCUT2D eigenvalue weighted by atomic mass is 16.5. The molecule has 4 rings (SSSR count). The molecule has 2 aromatic heterocycles. The summed E-state index contributed by atoms with van der Waals surface area (Å²) in [6, 6.07) is 3.44. The van der Waals surface area contributed by atoms with Crippen molar-refractivity contribution in [2.24, 2.45) is 0 Å². The minimum absolute atomic E-state index is 0.140. The molecule has 0 aromatic carbocycles. The number of hydrogen-bond donors (Lipinski definition) is 0. The number of fused-ring (bicyclic) bond motifs is 1. The number of likely N-dealkylation sites (tertiary alicyclic amines) is 1. The van der Waals surface area contributed by atoms with Crippen LogP contribution in [-0.2, 0) is 11.3 Å². The van der Waals surface area contributed by atoms with E-state index in [0.717, 1.165) is 18.5 Å². The summed E-state index contributed by atoms with van der Waals surface area (Å²) in [7, 11) is 3.43. The molecule has 0 saturated carbocycles. The number of hydrogen-bond acceptors (Lipinski definition) is 6. The van der Waals surface area contributed by atoms with Gasteiger partial charge in [-0.25, -0.2) is 4.98 Å². The van der Waals surface area contributed by atoms with Crippen LogP contribution in [0, 0.1) is 0 Å². The number of nitrogens with zero attached hydrogens (tertiary/aromatic N) is 5. The Morgan fingerprint density at radius 3 is 2.56 bits per heavy atom. The van der Waals surface area contributed by atoms with Gasteiger partial charge in [0.05, 0.1) is 18.8 Å². The van der Waals surface area contributed by atoms with Crippen LogP contribution in [-0.4, -0.2) is 72.0 Å². The van der Waals surface area contributed by atoms with Gasteiger partial charge in [-0.1, -0.05) is 12.2 Å². The highest BCUT2D eigenvalue weighted by Crippen LogP contribution is 2.30. The fourth-order valence-corrected chi connectivity index (χ4v) is 4.44. The lowest BCUT2D eigenvalue weighted by Crippen LogP contribution is -2.37. The summed E-state index contributed by atoms with van der Waals surface area (Å²) < 4.78 is 6.96. The minimum Gasteiger partial charge on any atom is -0.378 e. The Kier molecular flexibility index (Phi) is 6.32. The average Bonchev–Trinajstić information content (AvgIpc) is 3.20. The Morgan fingerprint density at radius 1 is 1.16 bits per heavy atom. The fraction of sp³-hybridized carbons (Fsp3) is 0.458. The van der Waals surface area contributed by atoms with Crippen molar-refractivity contribution in [3.05, 3.63) is 63.2 Å². The predicted octanol–water partition coefficient (Wildman–Crippen LogP) is 2.29. The van der Waals surface area contributed by atoms with Gasteiger partial charge in [-0.2, -0.15) is 0 Å². The molecule has 0 bridgehead atoms. The molecule has 2 saturated heterocycles. The summed E-state index contributed by atoms with van der Waals surface area (Å²) in [4.78, 5) is 36.6. The molecule has 0 radical (unpaired) electrons. The zero-order chi connectivity index (χ0) is 22.8. The molecule has 0 N–H and O–H groups in total. The second-order valence-electron chi connectivity index (χ2n) is 8.36. The van der Waals surface area contributed by atoms with Crippen molar-refractivity contribution < 1.29 is 9.53 Å². The van der Waals surface area contributed by atoms with Crippen LogP contribution in [0.2, 0.25) is 0 Å². The molecule has 0 atom stereocenters. The maximum atomic E-state index is 13.1. The molecular formula is C24H31N5O3. The molecule has 4 heterocycles. The number of carbonyl (C=O) groups is 1. The Labute approximate surface area is 188 Å². The summed E-state index contributed by atoms with van der Waals surface area (Å²) in [6.45, 7) is 8.22. The molecule has 2 fully saturated rings. The van der Waals surface area contributed by atoms with E-state index in [1.165, 1.54) is 20.6 Å². The Morgan fingerprint density at radius 2 is 1.91 bits per heavy atom. The molecule has 0 aliphatic carbocycles. The van der Waals surface area contributed by atoms with Gasteiger partial charge >= 0.3 is 0 Å². The first-order valence-electron chi connectivity index (χ1n) is 11.1. The van der Waals surface area contributed by atoms with Crippen LogP contribution in [0.1, 0.15) is 36.2 Å². The number of anilines is 1. The fourth-order valence-electron chi connectivity index (χ4n) is 4.44. The first-order chi connectivity index (χ1) is 15.4. The SMILES string of the molecule is C/C=C1/CCN(Cc2cc(C(=O)N(C)C)cn3c(=O)cc(N4CCOCC4)nc23)/C1=C/C. The summed E-state index contributed by atoms with van der Waals surface area (Å²) >= 11 is 0. The lowest BCUT2D eigenvalue weighted by atomic mass is 10.1. The number of pyridine rings is 1. The summed E-state index contributed by atoms with van der Waals surface area (Å²) in [5.41, 5.74) is 4.26. The van der Waals surface area contributed by atoms with Gasteiger partial charge in [0.2, 0.25) is 0 Å². The van der Waals surface area contributed by atoms with E-state index in [1.54, 1.807) is 26.4 Å². The quantitative estimate of drug-likeness (QED) is 0.731. The van der Waals surface area contributed by atoms with E-state index < -0.39 is 0 Å². The largest absolute Gasteiger partial charge is 0.378 e. The van der Waals surface area contributed by atoms with E-state index in [-0.39, 0.29) is 11.5 Å². The molecule has 0 spiro atoms. The van der Waals surface area contributed by atoms with E-state index in [0.29, 0.717) is 49.9 Å². The van der Waals surface area contributed by atoms with Gasteiger partial charge in [-0.05, 0) is 31.9 Å². The standard InChI is InChI=1S/C24H31N5O3/c1-5-17-7-8-28(20(17)6-2)15-18-13-19(24(31)26(3)4)16-29-22(30)14-21(25-23(18)29)27-9-11-32-12-10-27/h5-6,13-14,16H,7-12,15H2,1-4H3/b17-5-,20-6+. The number of aromatic nitrogens is 2. The lowest BCUT2D eigenvalue weighted by Gasteiger charge is -2.28. The molecule has 32 heavy (non-hydrogen) atoms. The molecule has 8 heteroatoms. The third kappa shape index (κ3) is 4.14. The van der Waals surface area contributed by atoms with Crippen LogP contribution in [0.25, 0.3) is 5.65 Å². The van der Waals surface area contributed by atoms with Gasteiger partial charge in [0, 0.05) is 63.8 Å². The number of amides is 1. The van der Waals surface area contributed by atoms with Gasteiger partial charge in [0.1, 0.15) is 11.5 Å². The predicted molar refractivity (Wildman–Crippen MR) is 125 cm³/mol. The van der Waals surface area contributed by atoms with Gasteiger partial charge in [-0.3, -0.25) is 14.0 Å². The van der Waals surface area contributed by atoms with E-state index >= 15 is 0 Å². The van der Waals surface area contributed by atoms with Gasteiger partial charge in [0.15, 0.2) is 0 Å². The van der Waals surface area contributed by atoms with E-state index in [1.807, 2.05) is 13.0 Å². The summed E-state index contributed by atoms with van der Waals surface area (Å²) in [6.07, 6.45) is 6.87. The van der Waals surface area contributed by atoms with Gasteiger partial charge in [0.25, 0.3) is 11.5 Å². The zero-order valence-corrected chi connectivity index (χ0v) is 19.3. The smallest absolute Gasteiger partial charge is 0.259 e. The highest BCUT2D eigenvalue weighted by Gasteiger charge is 2.24. The number of rotatable bonds is 4. The molecule has 1 amide bonds. The van der Waals surface area contributed by atoms with Crippen LogP contribution in [0.15, 0.2) is 46.5 Å². The minimum atomic E-state index is -0.187. The number of morpholine rings is 1. The normalized spacial score (nSPS) is 19.4. The van der Waals surface area contributed by atoms with Gasteiger partial charge in [-0.15, -0.1) is 0 Å². The van der Waals surface area contributed by atoms with Crippen molar-refractivity contribution in [1.29, 1.82) is 0 Å². The van der Waals surface area contributed by atoms with Crippen molar-refractivity contribution in [3.63, 3.8) is 0 Å². The monoisotopic (exact) mass is 437 g/mol. The van der Waals surface area contributed by atoms with Crippen LogP contribution >= 0.6 is 0 Å². The van der Waals surface area contributed by atoms with Gasteiger partial charge < -0.3 is 19.4 Å². The van der Waals surface area contributed by atoms with Crippen molar-refractivity contribution in [3.8, 4) is 0 Å². The van der Waals surface area contributed by atoms with E-state index in [2.05, 4.69) is 28.9 Å². The van der Waals surface area contributed by atoms with Crippen LogP contribution in [0.4, 0.5) is 5.82 Å². The Balaban J connectivity index is 1.84. The van der Waals surface area contributed by atoms with Crippen molar-refractivity contribution in [1.82, 2.24) is 19.2 Å². The first kappa shape index (κ1) is 22.1. The summed E-state index contributed by atoms with van der Waals surface area (Å²) in [5, 5.41) is 0. The van der Waals surface area contributed by atoms with Crippen molar-refractivity contribution >= 4 is 17.4 Å². The lowest BCUT2D eigenvalue weighted by molar-refractivity contribution is 0.0827. The second kappa shape index (κ2) is 9.16. The molecular weight excluding hydrogens is 406 g/mol. The van der Waals surface area contributed by atoms with E-state index in [9.17, 15) is 9.59 Å². The highest BCUT2D eigenvalue weighted by molar-refractivity contribution is 5.94. The van der Waals surface area contributed by atoms with Crippen LogP contribution in [0.5, 0.6) is 0 Å². The maximum Gasteiger partial charge on any atom is 0.259 e. The zero-order valence-electron chi connectivity index (χ0n) is 19.3. The first-order valence-corrected chi connectivity index (χ1v) is 11.1. The Bertz CT molecular complexity index is 1140. The summed E-state index contributed by atoms with van der Waals surface area (Å²) in [5.74, 6) is 0.521. The maximum absolute atomic E-state index is 13.1. The molecule has 2 aliphatic rings. The molecule has 0 unspecified atom stereocenters. The number of ether oxygens (including phenoxy) is 1. The van der Waals surface area contributed by atoms with Crippen LogP contribution < -0.4 is 10.5 Å². The third-order valence-electron chi connectivity index (χ3n) is 6.12. The van der Waals surface area contributed by atoms with Crippen molar-refractivity contribution in [2.45, 2.75) is 26.8 Å². The molecule has 2 aromatic rings. The topological polar surface area (TPSA) is 70.4 Å². The molecule has 8 nitrogen and oxygen atoms in total. The second-order valence-corrected chi connectivity index (χ2v) is 8.36. The third-order valence-corrected chi connectivity index (χ3v) is 6.12. The number of allylic oxidation sites excluding steroid dienone is 3. The Hall–Kier alpha value is -3.13. The number of carbonyl (C=O) groups excluding carboxylic acids is 1. The van der Waals surface area contributed by atoms with Crippen molar-refractivity contribution in [2.75, 3.05) is 51.8 Å². The molecule has 170 valence electrons.